The highest BCUT2D eigenvalue weighted by Gasteiger charge is 2.28. The average Bonchev–Trinajstić information content (AvgIpc) is 2.34. The van der Waals surface area contributed by atoms with E-state index in [4.69, 9.17) is 16.3 Å². The lowest BCUT2D eigenvalue weighted by molar-refractivity contribution is 0.0744. The summed E-state index contributed by atoms with van der Waals surface area (Å²) in [6, 6.07) is 0.0994. The van der Waals surface area contributed by atoms with Crippen molar-refractivity contribution in [2.24, 2.45) is 5.92 Å². The molecule has 4 heteroatoms. The predicted molar refractivity (Wildman–Crippen MR) is 47.4 cm³/mol. The van der Waals surface area contributed by atoms with Crippen molar-refractivity contribution in [1.29, 1.82) is 0 Å². The van der Waals surface area contributed by atoms with Crippen molar-refractivity contribution in [3.63, 3.8) is 0 Å². The standard InChI is InChI=1S/C8H14ClNO2/c1-5(2)7-3-6(4-12-7)10-8(9)11/h5-7H,3-4H2,1-2H3,(H,10,11). The summed E-state index contributed by atoms with van der Waals surface area (Å²) in [5, 5.41) is 2.14. The number of halogens is 1. The molecule has 0 aromatic carbocycles. The number of nitrogens with one attached hydrogen (secondary N) is 1. The zero-order valence-corrected chi connectivity index (χ0v) is 8.10. The number of carbonyl (C=O) groups is 1. The second-order valence-corrected chi connectivity index (χ2v) is 3.81. The lowest BCUT2D eigenvalue weighted by atomic mass is 10.0. The van der Waals surface area contributed by atoms with Gasteiger partial charge in [0.25, 0.3) is 0 Å². The highest BCUT2D eigenvalue weighted by molar-refractivity contribution is 6.62. The van der Waals surface area contributed by atoms with Crippen LogP contribution in [0.4, 0.5) is 4.79 Å². The summed E-state index contributed by atoms with van der Waals surface area (Å²) in [5.41, 5.74) is 0. The minimum Gasteiger partial charge on any atom is -0.376 e. The number of carbonyl (C=O) groups excluding carboxylic acids is 1. The Morgan fingerprint density at radius 1 is 1.67 bits per heavy atom. The van der Waals surface area contributed by atoms with Crippen LogP contribution >= 0.6 is 11.6 Å². The van der Waals surface area contributed by atoms with Crippen LogP contribution in [0.3, 0.4) is 0 Å². The molecule has 1 rings (SSSR count). The third kappa shape index (κ3) is 2.64. The second-order valence-electron chi connectivity index (χ2n) is 3.47. The molecule has 1 heterocycles. The van der Waals surface area contributed by atoms with Gasteiger partial charge in [-0.05, 0) is 23.9 Å². The Morgan fingerprint density at radius 3 is 2.75 bits per heavy atom. The predicted octanol–water partition coefficient (Wildman–Crippen LogP) is 1.75. The van der Waals surface area contributed by atoms with Gasteiger partial charge in [0.2, 0.25) is 0 Å². The van der Waals surface area contributed by atoms with E-state index >= 15 is 0 Å². The van der Waals surface area contributed by atoms with Gasteiger partial charge in [0.15, 0.2) is 0 Å². The fourth-order valence-corrected chi connectivity index (χ4v) is 1.54. The van der Waals surface area contributed by atoms with Crippen molar-refractivity contribution in [2.75, 3.05) is 6.61 Å². The van der Waals surface area contributed by atoms with Gasteiger partial charge in [0, 0.05) is 0 Å². The van der Waals surface area contributed by atoms with E-state index < -0.39 is 5.37 Å². The normalized spacial score (nSPS) is 29.3. The number of hydrogen-bond acceptors (Lipinski definition) is 2. The Kier molecular flexibility index (Phi) is 3.35. The van der Waals surface area contributed by atoms with E-state index in [1.807, 2.05) is 0 Å². The molecule has 0 aromatic rings. The van der Waals surface area contributed by atoms with Gasteiger partial charge < -0.3 is 10.1 Å². The first-order valence-electron chi connectivity index (χ1n) is 4.17. The molecular formula is C8H14ClNO2. The summed E-state index contributed by atoms with van der Waals surface area (Å²) in [5.74, 6) is 0.502. The van der Waals surface area contributed by atoms with Crippen LogP contribution < -0.4 is 5.32 Å². The molecule has 1 aliphatic rings. The van der Waals surface area contributed by atoms with Crippen LogP contribution in [0.25, 0.3) is 0 Å². The summed E-state index contributed by atoms with van der Waals surface area (Å²) < 4.78 is 5.45. The fourth-order valence-electron chi connectivity index (χ4n) is 1.38. The summed E-state index contributed by atoms with van der Waals surface area (Å²) in [6.45, 7) is 4.80. The largest absolute Gasteiger partial charge is 0.376 e. The van der Waals surface area contributed by atoms with Crippen molar-refractivity contribution in [1.82, 2.24) is 5.32 Å². The van der Waals surface area contributed by atoms with Gasteiger partial charge in [-0.2, -0.15) is 0 Å². The van der Waals surface area contributed by atoms with Crippen LogP contribution in [-0.2, 0) is 4.74 Å². The first-order chi connectivity index (χ1) is 5.59. The summed E-state index contributed by atoms with van der Waals surface area (Å²) >= 11 is 5.18. The zero-order valence-electron chi connectivity index (χ0n) is 7.34. The molecule has 1 fully saturated rings. The lowest BCUT2D eigenvalue weighted by Gasteiger charge is -2.12. The Balaban J connectivity index is 2.30. The van der Waals surface area contributed by atoms with Gasteiger partial charge in [0.1, 0.15) is 0 Å². The Bertz CT molecular complexity index is 172. The van der Waals surface area contributed by atoms with E-state index in [2.05, 4.69) is 19.2 Å². The van der Waals surface area contributed by atoms with E-state index in [-0.39, 0.29) is 12.1 Å². The minimum absolute atomic E-state index is 0.0994. The van der Waals surface area contributed by atoms with E-state index in [0.29, 0.717) is 12.5 Å². The van der Waals surface area contributed by atoms with Crippen molar-refractivity contribution in [3.05, 3.63) is 0 Å². The van der Waals surface area contributed by atoms with E-state index in [9.17, 15) is 4.79 Å². The van der Waals surface area contributed by atoms with Crippen LogP contribution in [0, 0.1) is 5.92 Å². The maximum Gasteiger partial charge on any atom is 0.314 e. The Morgan fingerprint density at radius 2 is 2.33 bits per heavy atom. The van der Waals surface area contributed by atoms with Gasteiger partial charge in [0.05, 0.1) is 18.8 Å². The zero-order chi connectivity index (χ0) is 9.14. The quantitative estimate of drug-likeness (QED) is 0.534. The highest BCUT2D eigenvalue weighted by Crippen LogP contribution is 2.20. The molecule has 0 aliphatic carbocycles. The third-order valence-electron chi connectivity index (χ3n) is 2.09. The van der Waals surface area contributed by atoms with Crippen LogP contribution in [0.5, 0.6) is 0 Å². The molecule has 0 saturated carbocycles. The Hall–Kier alpha value is -0.280. The van der Waals surface area contributed by atoms with Crippen LogP contribution in [0.2, 0.25) is 0 Å². The first-order valence-corrected chi connectivity index (χ1v) is 4.55. The maximum atomic E-state index is 10.5. The molecule has 0 spiro atoms. The second kappa shape index (κ2) is 4.10. The SMILES string of the molecule is CC(C)C1CC(NC(=O)Cl)CO1. The number of ether oxygens (including phenoxy) is 1. The molecule has 0 radical (unpaired) electrons. The minimum atomic E-state index is -0.493. The third-order valence-corrected chi connectivity index (χ3v) is 2.20. The van der Waals surface area contributed by atoms with Gasteiger partial charge in [-0.15, -0.1) is 0 Å². The average molecular weight is 192 g/mol. The molecule has 0 aromatic heterocycles. The van der Waals surface area contributed by atoms with Crippen LogP contribution in [0.15, 0.2) is 0 Å². The number of amides is 1. The number of hydrogen-bond donors (Lipinski definition) is 1. The topological polar surface area (TPSA) is 38.3 Å². The molecule has 1 amide bonds. The summed E-state index contributed by atoms with van der Waals surface area (Å²) in [6.07, 6.45) is 1.13. The van der Waals surface area contributed by atoms with Crippen molar-refractivity contribution < 1.29 is 9.53 Å². The first kappa shape index (κ1) is 9.81. The molecule has 3 nitrogen and oxygen atoms in total. The van der Waals surface area contributed by atoms with Gasteiger partial charge >= 0.3 is 5.37 Å². The molecule has 1 N–H and O–H groups in total. The molecule has 2 unspecified atom stereocenters. The van der Waals surface area contributed by atoms with Gasteiger partial charge in [-0.25, -0.2) is 0 Å². The van der Waals surface area contributed by atoms with Crippen molar-refractivity contribution in [2.45, 2.75) is 32.4 Å². The van der Waals surface area contributed by atoms with E-state index in [0.717, 1.165) is 6.42 Å². The molecule has 1 saturated heterocycles. The molecular weight excluding hydrogens is 178 g/mol. The van der Waals surface area contributed by atoms with Crippen molar-refractivity contribution in [3.8, 4) is 0 Å². The molecule has 0 bridgehead atoms. The maximum absolute atomic E-state index is 10.5. The monoisotopic (exact) mass is 191 g/mol. The van der Waals surface area contributed by atoms with Crippen molar-refractivity contribution >= 4 is 17.0 Å². The lowest BCUT2D eigenvalue weighted by Crippen LogP contribution is -2.31. The molecule has 70 valence electrons. The van der Waals surface area contributed by atoms with E-state index in [1.165, 1.54) is 0 Å². The van der Waals surface area contributed by atoms with Gasteiger partial charge in [-0.1, -0.05) is 13.8 Å². The van der Waals surface area contributed by atoms with Gasteiger partial charge in [-0.3, -0.25) is 4.79 Å². The van der Waals surface area contributed by atoms with Crippen LogP contribution in [0.1, 0.15) is 20.3 Å². The molecule has 2 atom stereocenters. The smallest absolute Gasteiger partial charge is 0.314 e. The summed E-state index contributed by atoms with van der Waals surface area (Å²) in [4.78, 5) is 10.5. The highest BCUT2D eigenvalue weighted by atomic mass is 35.5. The molecule has 12 heavy (non-hydrogen) atoms. The molecule has 1 aliphatic heterocycles. The summed E-state index contributed by atoms with van der Waals surface area (Å²) in [7, 11) is 0. The number of rotatable bonds is 2. The van der Waals surface area contributed by atoms with E-state index in [1.54, 1.807) is 0 Å². The Labute approximate surface area is 77.4 Å². The fraction of sp³-hybridized carbons (Fsp3) is 0.875. The van der Waals surface area contributed by atoms with Crippen LogP contribution in [-0.4, -0.2) is 24.1 Å².